The van der Waals surface area contributed by atoms with Crippen LogP contribution in [-0.2, 0) is 7.05 Å². The summed E-state index contributed by atoms with van der Waals surface area (Å²) in [5.41, 5.74) is 9.63. The summed E-state index contributed by atoms with van der Waals surface area (Å²) in [6.07, 6.45) is 4.92. The van der Waals surface area contributed by atoms with Crippen LogP contribution < -0.4 is 5.73 Å². The highest BCUT2D eigenvalue weighted by atomic mass is 35.5. The number of aryl methyl sites for hydroxylation is 1. The van der Waals surface area contributed by atoms with Gasteiger partial charge in [-0.25, -0.2) is 0 Å². The third-order valence-electron chi connectivity index (χ3n) is 3.08. The predicted octanol–water partition coefficient (Wildman–Crippen LogP) is 2.06. The maximum absolute atomic E-state index is 6.26. The van der Waals surface area contributed by atoms with Gasteiger partial charge in [0.1, 0.15) is 0 Å². The number of nitrogens with two attached hydrogens (primary N) is 1. The summed E-state index contributed by atoms with van der Waals surface area (Å²) in [4.78, 5) is 8.51. The number of rotatable bonds is 2. The SMILES string of the molecule is Cn1ncc(Cl)c1C(N)c1ccc2nccnc2c1. The second-order valence-corrected chi connectivity index (χ2v) is 4.69. The van der Waals surface area contributed by atoms with Crippen molar-refractivity contribution in [3.63, 3.8) is 0 Å². The molecule has 0 saturated heterocycles. The first-order chi connectivity index (χ1) is 9.16. The minimum absolute atomic E-state index is 0.341. The topological polar surface area (TPSA) is 69.6 Å². The van der Waals surface area contributed by atoms with Crippen molar-refractivity contribution >= 4 is 22.6 Å². The van der Waals surface area contributed by atoms with E-state index in [9.17, 15) is 0 Å². The third kappa shape index (κ3) is 2.07. The lowest BCUT2D eigenvalue weighted by Crippen LogP contribution is -2.16. The Bertz CT molecular complexity index is 717. The van der Waals surface area contributed by atoms with E-state index < -0.39 is 0 Å². The van der Waals surface area contributed by atoms with Crippen molar-refractivity contribution in [2.75, 3.05) is 0 Å². The molecule has 2 aromatic heterocycles. The van der Waals surface area contributed by atoms with Gasteiger partial charge >= 0.3 is 0 Å². The van der Waals surface area contributed by atoms with Gasteiger partial charge in [-0.15, -0.1) is 0 Å². The summed E-state index contributed by atoms with van der Waals surface area (Å²) >= 11 is 6.12. The number of fused-ring (bicyclic) bond motifs is 1. The van der Waals surface area contributed by atoms with Crippen molar-refractivity contribution in [1.82, 2.24) is 19.7 Å². The van der Waals surface area contributed by atoms with Gasteiger partial charge in [0.05, 0.1) is 34.0 Å². The van der Waals surface area contributed by atoms with E-state index in [1.165, 1.54) is 0 Å². The summed E-state index contributed by atoms with van der Waals surface area (Å²) in [6.45, 7) is 0. The molecular weight excluding hydrogens is 262 g/mol. The van der Waals surface area contributed by atoms with Crippen LogP contribution in [-0.4, -0.2) is 19.7 Å². The fraction of sp³-hybridized carbons (Fsp3) is 0.154. The summed E-state index contributed by atoms with van der Waals surface area (Å²) in [6, 6.07) is 5.43. The largest absolute Gasteiger partial charge is 0.319 e. The lowest BCUT2D eigenvalue weighted by Gasteiger charge is -2.13. The summed E-state index contributed by atoms with van der Waals surface area (Å²) in [5, 5.41) is 4.67. The van der Waals surface area contributed by atoms with Crippen molar-refractivity contribution < 1.29 is 0 Å². The molecule has 1 aromatic carbocycles. The molecule has 96 valence electrons. The average molecular weight is 274 g/mol. The Morgan fingerprint density at radius 3 is 2.63 bits per heavy atom. The summed E-state index contributed by atoms with van der Waals surface area (Å²) < 4.78 is 1.69. The van der Waals surface area contributed by atoms with Crippen LogP contribution in [0.15, 0.2) is 36.8 Å². The van der Waals surface area contributed by atoms with Crippen LogP contribution in [0.2, 0.25) is 5.02 Å². The highest BCUT2D eigenvalue weighted by Gasteiger charge is 2.17. The molecule has 0 bridgehead atoms. The van der Waals surface area contributed by atoms with Crippen molar-refractivity contribution in [3.05, 3.63) is 53.1 Å². The van der Waals surface area contributed by atoms with Gasteiger partial charge in [0.25, 0.3) is 0 Å². The second-order valence-electron chi connectivity index (χ2n) is 4.28. The lowest BCUT2D eigenvalue weighted by molar-refractivity contribution is 0.673. The zero-order chi connectivity index (χ0) is 13.4. The van der Waals surface area contributed by atoms with Crippen LogP contribution in [0.5, 0.6) is 0 Å². The Labute approximate surface area is 115 Å². The number of benzene rings is 1. The van der Waals surface area contributed by atoms with Crippen molar-refractivity contribution in [1.29, 1.82) is 0 Å². The minimum atomic E-state index is -0.341. The van der Waals surface area contributed by atoms with E-state index >= 15 is 0 Å². The summed E-state index contributed by atoms with van der Waals surface area (Å²) in [5.74, 6) is 0. The maximum atomic E-state index is 6.26. The molecule has 0 saturated carbocycles. The number of halogens is 1. The van der Waals surface area contributed by atoms with Gasteiger partial charge in [-0.2, -0.15) is 5.10 Å². The molecule has 6 heteroatoms. The van der Waals surface area contributed by atoms with Crippen LogP contribution in [0, 0.1) is 0 Å². The van der Waals surface area contributed by atoms with E-state index in [2.05, 4.69) is 15.1 Å². The molecule has 1 unspecified atom stereocenters. The Morgan fingerprint density at radius 1 is 1.21 bits per heavy atom. The quantitative estimate of drug-likeness (QED) is 0.776. The van der Waals surface area contributed by atoms with Gasteiger partial charge in [0.15, 0.2) is 0 Å². The van der Waals surface area contributed by atoms with Gasteiger partial charge in [0.2, 0.25) is 0 Å². The van der Waals surface area contributed by atoms with Gasteiger partial charge in [-0.05, 0) is 17.7 Å². The molecule has 19 heavy (non-hydrogen) atoms. The highest BCUT2D eigenvalue weighted by molar-refractivity contribution is 6.31. The molecule has 1 atom stereocenters. The smallest absolute Gasteiger partial charge is 0.0890 e. The second kappa shape index (κ2) is 4.60. The van der Waals surface area contributed by atoms with Crippen molar-refractivity contribution in [2.24, 2.45) is 12.8 Å². The standard InChI is InChI=1S/C13H12ClN5/c1-19-13(9(14)7-18-19)12(15)8-2-3-10-11(6-8)17-5-4-16-10/h2-7,12H,15H2,1H3. The normalized spacial score (nSPS) is 12.8. The summed E-state index contributed by atoms with van der Waals surface area (Å²) in [7, 11) is 1.82. The molecule has 3 aromatic rings. The fourth-order valence-electron chi connectivity index (χ4n) is 2.10. The molecule has 0 aliphatic carbocycles. The molecule has 0 radical (unpaired) electrons. The van der Waals surface area contributed by atoms with E-state index in [1.807, 2.05) is 25.2 Å². The molecule has 5 nitrogen and oxygen atoms in total. The van der Waals surface area contributed by atoms with E-state index in [0.29, 0.717) is 5.02 Å². The third-order valence-corrected chi connectivity index (χ3v) is 3.38. The predicted molar refractivity (Wildman–Crippen MR) is 73.8 cm³/mol. The van der Waals surface area contributed by atoms with Crippen LogP contribution >= 0.6 is 11.6 Å². The highest BCUT2D eigenvalue weighted by Crippen LogP contribution is 2.26. The Morgan fingerprint density at radius 2 is 1.95 bits per heavy atom. The molecule has 0 aliphatic heterocycles. The molecule has 2 N–H and O–H groups in total. The maximum Gasteiger partial charge on any atom is 0.0890 e. The monoisotopic (exact) mass is 273 g/mol. The first-order valence-corrected chi connectivity index (χ1v) is 6.18. The molecule has 0 spiro atoms. The number of hydrogen-bond acceptors (Lipinski definition) is 4. The molecular formula is C13H12ClN5. The first kappa shape index (κ1) is 12.1. The molecule has 3 rings (SSSR count). The van der Waals surface area contributed by atoms with Gasteiger partial charge in [-0.3, -0.25) is 14.6 Å². The Balaban J connectivity index is 2.09. The molecule has 2 heterocycles. The van der Waals surface area contributed by atoms with Crippen LogP contribution in [0.1, 0.15) is 17.3 Å². The molecule has 0 aliphatic rings. The van der Waals surface area contributed by atoms with E-state index in [4.69, 9.17) is 17.3 Å². The van der Waals surface area contributed by atoms with Gasteiger partial charge in [-0.1, -0.05) is 17.7 Å². The van der Waals surface area contributed by atoms with Gasteiger partial charge in [0, 0.05) is 19.4 Å². The first-order valence-electron chi connectivity index (χ1n) is 5.80. The number of aromatic nitrogens is 4. The Hall–Kier alpha value is -1.98. The van der Waals surface area contributed by atoms with Gasteiger partial charge < -0.3 is 5.73 Å². The zero-order valence-corrected chi connectivity index (χ0v) is 11.0. The average Bonchev–Trinajstić information content (AvgIpc) is 2.77. The number of hydrogen-bond donors (Lipinski definition) is 1. The van der Waals surface area contributed by atoms with Crippen LogP contribution in [0.3, 0.4) is 0 Å². The minimum Gasteiger partial charge on any atom is -0.319 e. The molecule has 0 fully saturated rings. The Kier molecular flexibility index (Phi) is 2.93. The van der Waals surface area contributed by atoms with Crippen molar-refractivity contribution in [2.45, 2.75) is 6.04 Å². The van der Waals surface area contributed by atoms with E-state index in [1.54, 1.807) is 23.3 Å². The van der Waals surface area contributed by atoms with E-state index in [0.717, 1.165) is 22.3 Å². The molecule has 0 amide bonds. The van der Waals surface area contributed by atoms with Crippen LogP contribution in [0.4, 0.5) is 0 Å². The van der Waals surface area contributed by atoms with E-state index in [-0.39, 0.29) is 6.04 Å². The lowest BCUT2D eigenvalue weighted by atomic mass is 10.0. The fourth-order valence-corrected chi connectivity index (χ4v) is 2.39. The van der Waals surface area contributed by atoms with Crippen molar-refractivity contribution in [3.8, 4) is 0 Å². The zero-order valence-electron chi connectivity index (χ0n) is 10.3. The van der Waals surface area contributed by atoms with Crippen LogP contribution in [0.25, 0.3) is 11.0 Å². The number of nitrogens with zero attached hydrogens (tertiary/aromatic N) is 4.